The van der Waals surface area contributed by atoms with Crippen LogP contribution in [-0.2, 0) is 9.53 Å². The van der Waals surface area contributed by atoms with E-state index < -0.39 is 24.5 Å². The molecule has 0 saturated heterocycles. The molecule has 0 atom stereocenters. The Bertz CT molecular complexity index is 840. The van der Waals surface area contributed by atoms with Crippen molar-refractivity contribution in [3.8, 4) is 6.07 Å². The van der Waals surface area contributed by atoms with Gasteiger partial charge in [-0.3, -0.25) is 4.79 Å². The van der Waals surface area contributed by atoms with Crippen LogP contribution in [-0.4, -0.2) is 24.5 Å². The van der Waals surface area contributed by atoms with Crippen molar-refractivity contribution in [3.63, 3.8) is 0 Å². The van der Waals surface area contributed by atoms with Crippen LogP contribution < -0.4 is 16.4 Å². The number of rotatable bonds is 5. The van der Waals surface area contributed by atoms with Gasteiger partial charge in [-0.25, -0.2) is 9.59 Å². The van der Waals surface area contributed by atoms with Crippen LogP contribution in [0.1, 0.15) is 15.9 Å². The van der Waals surface area contributed by atoms with Crippen molar-refractivity contribution in [2.24, 2.45) is 5.73 Å². The molecule has 0 aliphatic heterocycles. The second-order valence-electron chi connectivity index (χ2n) is 4.85. The Kier molecular flexibility index (Phi) is 5.68. The summed E-state index contributed by atoms with van der Waals surface area (Å²) in [5, 5.41) is 13.8. The molecule has 0 unspecified atom stereocenters. The van der Waals surface area contributed by atoms with Gasteiger partial charge in [0.2, 0.25) is 0 Å². The number of amides is 3. The predicted molar refractivity (Wildman–Crippen MR) is 89.7 cm³/mol. The first-order valence-electron chi connectivity index (χ1n) is 7.12. The highest BCUT2D eigenvalue weighted by Crippen LogP contribution is 2.13. The molecule has 126 valence electrons. The first-order valence-corrected chi connectivity index (χ1v) is 7.12. The Morgan fingerprint density at radius 2 is 1.72 bits per heavy atom. The summed E-state index contributed by atoms with van der Waals surface area (Å²) in [7, 11) is 0. The van der Waals surface area contributed by atoms with E-state index in [9.17, 15) is 14.4 Å². The minimum absolute atomic E-state index is 0.209. The summed E-state index contributed by atoms with van der Waals surface area (Å²) < 4.78 is 4.91. The number of carbonyl (C=O) groups is 3. The van der Waals surface area contributed by atoms with E-state index in [0.717, 1.165) is 0 Å². The van der Waals surface area contributed by atoms with Gasteiger partial charge >= 0.3 is 12.0 Å². The van der Waals surface area contributed by atoms with Gasteiger partial charge in [-0.15, -0.1) is 0 Å². The molecule has 2 aromatic rings. The maximum atomic E-state index is 11.9. The van der Waals surface area contributed by atoms with E-state index in [2.05, 4.69) is 10.6 Å². The molecule has 0 heterocycles. The van der Waals surface area contributed by atoms with Gasteiger partial charge in [0.1, 0.15) is 6.07 Å². The zero-order valence-corrected chi connectivity index (χ0v) is 13.0. The van der Waals surface area contributed by atoms with Crippen LogP contribution in [0, 0.1) is 11.3 Å². The molecule has 8 nitrogen and oxygen atoms in total. The second-order valence-corrected chi connectivity index (χ2v) is 4.85. The largest absolute Gasteiger partial charge is 0.452 e. The Labute approximate surface area is 143 Å². The van der Waals surface area contributed by atoms with Crippen molar-refractivity contribution < 1.29 is 19.1 Å². The summed E-state index contributed by atoms with van der Waals surface area (Å²) in [4.78, 5) is 34.4. The number of hydrogen-bond acceptors (Lipinski definition) is 5. The van der Waals surface area contributed by atoms with Crippen molar-refractivity contribution in [1.82, 2.24) is 0 Å². The van der Waals surface area contributed by atoms with Gasteiger partial charge in [-0.1, -0.05) is 12.1 Å². The van der Waals surface area contributed by atoms with E-state index in [4.69, 9.17) is 15.7 Å². The number of hydrogen-bond donors (Lipinski definition) is 3. The molecule has 0 fully saturated rings. The summed E-state index contributed by atoms with van der Waals surface area (Å²) in [6, 6.07) is 13.5. The quantitative estimate of drug-likeness (QED) is 0.715. The van der Waals surface area contributed by atoms with Crippen molar-refractivity contribution in [1.29, 1.82) is 5.26 Å². The summed E-state index contributed by atoms with van der Waals surface area (Å²) in [5.74, 6) is -1.27. The van der Waals surface area contributed by atoms with E-state index >= 15 is 0 Å². The first-order chi connectivity index (χ1) is 12.0. The third-order valence-electron chi connectivity index (χ3n) is 3.04. The standard InChI is InChI=1S/C17H14N4O4/c18-9-12-3-1-2-4-14(12)21-15(22)10-25-16(23)11-5-7-13(8-6-11)20-17(19)24/h1-8H,10H2,(H,21,22)(H3,19,20,24). The Hall–Kier alpha value is -3.86. The van der Waals surface area contributed by atoms with Crippen LogP contribution in [0.25, 0.3) is 0 Å². The van der Waals surface area contributed by atoms with Crippen molar-refractivity contribution in [2.75, 3.05) is 17.2 Å². The number of nitrogens with zero attached hydrogens (tertiary/aromatic N) is 1. The number of anilines is 2. The molecule has 0 bridgehead atoms. The molecule has 0 spiro atoms. The van der Waals surface area contributed by atoms with Gasteiger partial charge in [-0.2, -0.15) is 5.26 Å². The first kappa shape index (κ1) is 17.5. The zero-order chi connectivity index (χ0) is 18.2. The molecule has 2 aromatic carbocycles. The Morgan fingerprint density at radius 3 is 2.36 bits per heavy atom. The minimum Gasteiger partial charge on any atom is -0.452 e. The van der Waals surface area contributed by atoms with E-state index in [0.29, 0.717) is 16.9 Å². The van der Waals surface area contributed by atoms with E-state index in [-0.39, 0.29) is 5.56 Å². The molecular formula is C17H14N4O4. The lowest BCUT2D eigenvalue weighted by Crippen LogP contribution is -2.21. The minimum atomic E-state index is -0.718. The summed E-state index contributed by atoms with van der Waals surface area (Å²) in [6.45, 7) is -0.500. The van der Waals surface area contributed by atoms with Gasteiger partial charge in [0.05, 0.1) is 16.8 Å². The van der Waals surface area contributed by atoms with E-state index in [1.807, 2.05) is 6.07 Å². The molecule has 25 heavy (non-hydrogen) atoms. The molecule has 4 N–H and O–H groups in total. The lowest BCUT2D eigenvalue weighted by Gasteiger charge is -2.08. The maximum Gasteiger partial charge on any atom is 0.338 e. The van der Waals surface area contributed by atoms with Crippen molar-refractivity contribution in [3.05, 3.63) is 59.7 Å². The fourth-order valence-electron chi connectivity index (χ4n) is 1.92. The molecular weight excluding hydrogens is 324 g/mol. The number of para-hydroxylation sites is 1. The summed E-state index contributed by atoms with van der Waals surface area (Å²) in [6.07, 6.45) is 0. The number of primary amides is 1. The van der Waals surface area contributed by atoms with Crippen LogP contribution in [0.4, 0.5) is 16.2 Å². The highest BCUT2D eigenvalue weighted by atomic mass is 16.5. The fourth-order valence-corrected chi connectivity index (χ4v) is 1.92. The lowest BCUT2D eigenvalue weighted by molar-refractivity contribution is -0.119. The van der Waals surface area contributed by atoms with Gasteiger partial charge in [0.25, 0.3) is 5.91 Å². The lowest BCUT2D eigenvalue weighted by atomic mass is 10.2. The third-order valence-corrected chi connectivity index (χ3v) is 3.04. The fraction of sp³-hybridized carbons (Fsp3) is 0.0588. The average Bonchev–Trinajstić information content (AvgIpc) is 2.60. The molecule has 0 aromatic heterocycles. The number of benzene rings is 2. The normalized spacial score (nSPS) is 9.56. The predicted octanol–water partition coefficient (Wildman–Crippen LogP) is 1.84. The van der Waals surface area contributed by atoms with Gasteiger partial charge in [-0.05, 0) is 36.4 Å². The van der Waals surface area contributed by atoms with Crippen LogP contribution >= 0.6 is 0 Å². The molecule has 0 aliphatic carbocycles. The van der Waals surface area contributed by atoms with Gasteiger partial charge in [0, 0.05) is 5.69 Å². The maximum absolute atomic E-state index is 11.9. The SMILES string of the molecule is N#Cc1ccccc1NC(=O)COC(=O)c1ccc(NC(N)=O)cc1. The van der Waals surface area contributed by atoms with Crippen LogP contribution in [0.3, 0.4) is 0 Å². The van der Waals surface area contributed by atoms with Crippen LogP contribution in [0.5, 0.6) is 0 Å². The number of carbonyl (C=O) groups excluding carboxylic acids is 3. The highest BCUT2D eigenvalue weighted by Gasteiger charge is 2.12. The second kappa shape index (κ2) is 8.12. The van der Waals surface area contributed by atoms with Crippen molar-refractivity contribution >= 4 is 29.3 Å². The van der Waals surface area contributed by atoms with Crippen LogP contribution in [0.2, 0.25) is 0 Å². The average molecular weight is 338 g/mol. The molecule has 8 heteroatoms. The number of nitriles is 1. The molecule has 0 aliphatic rings. The van der Waals surface area contributed by atoms with Crippen LogP contribution in [0.15, 0.2) is 48.5 Å². The Balaban J connectivity index is 1.90. The summed E-state index contributed by atoms with van der Waals surface area (Å²) in [5.41, 5.74) is 6.26. The number of esters is 1. The molecule has 0 radical (unpaired) electrons. The highest BCUT2D eigenvalue weighted by molar-refractivity contribution is 5.96. The monoisotopic (exact) mass is 338 g/mol. The molecule has 2 rings (SSSR count). The molecule has 3 amide bonds. The number of nitrogens with one attached hydrogen (secondary N) is 2. The smallest absolute Gasteiger partial charge is 0.338 e. The number of nitrogens with two attached hydrogens (primary N) is 1. The number of ether oxygens (including phenoxy) is 1. The topological polar surface area (TPSA) is 134 Å². The van der Waals surface area contributed by atoms with E-state index in [1.165, 1.54) is 24.3 Å². The zero-order valence-electron chi connectivity index (χ0n) is 13.0. The molecule has 0 saturated carbocycles. The Morgan fingerprint density at radius 1 is 1.04 bits per heavy atom. The third kappa shape index (κ3) is 5.07. The van der Waals surface area contributed by atoms with Crippen molar-refractivity contribution in [2.45, 2.75) is 0 Å². The number of urea groups is 1. The summed E-state index contributed by atoms with van der Waals surface area (Å²) >= 11 is 0. The van der Waals surface area contributed by atoms with Gasteiger partial charge in [0.15, 0.2) is 6.61 Å². The van der Waals surface area contributed by atoms with E-state index in [1.54, 1.807) is 24.3 Å². The van der Waals surface area contributed by atoms with Gasteiger partial charge < -0.3 is 21.1 Å².